The van der Waals surface area contributed by atoms with Crippen LogP contribution in [0.2, 0.25) is 5.02 Å². The lowest BCUT2D eigenvalue weighted by Crippen LogP contribution is -1.83. The maximum absolute atomic E-state index is 5.87. The quantitative estimate of drug-likeness (QED) is 0.758. The first-order valence-corrected chi connectivity index (χ1v) is 6.12. The van der Waals surface area contributed by atoms with E-state index in [2.05, 4.69) is 24.0 Å². The molecule has 0 saturated heterocycles. The largest absolute Gasteiger partial charge is 0.246 e. The summed E-state index contributed by atoms with van der Waals surface area (Å²) in [4.78, 5) is 5.78. The van der Waals surface area contributed by atoms with E-state index in [4.69, 9.17) is 11.6 Å². The minimum absolute atomic E-state index is 0.776. The summed E-state index contributed by atoms with van der Waals surface area (Å²) in [6.07, 6.45) is 0.975. The topological polar surface area (TPSA) is 12.9 Å². The third kappa shape index (κ3) is 2.21. The normalized spacial score (nSPS) is 10.6. The van der Waals surface area contributed by atoms with E-state index >= 15 is 0 Å². The van der Waals surface area contributed by atoms with Crippen LogP contribution in [0.25, 0.3) is 10.4 Å². The van der Waals surface area contributed by atoms with E-state index in [0.717, 1.165) is 16.5 Å². The molecule has 1 aromatic heterocycles. The Morgan fingerprint density at radius 1 is 1.27 bits per heavy atom. The molecule has 3 heteroatoms. The van der Waals surface area contributed by atoms with Crippen molar-refractivity contribution in [3.05, 3.63) is 40.0 Å². The second-order valence-electron chi connectivity index (χ2n) is 3.37. The van der Waals surface area contributed by atoms with Crippen LogP contribution in [0.4, 0.5) is 0 Å². The van der Waals surface area contributed by atoms with Gasteiger partial charge in [-0.3, -0.25) is 0 Å². The third-order valence-electron chi connectivity index (χ3n) is 2.25. The summed E-state index contributed by atoms with van der Waals surface area (Å²) >= 11 is 7.61. The average molecular weight is 238 g/mol. The van der Waals surface area contributed by atoms with Crippen molar-refractivity contribution in [2.45, 2.75) is 20.3 Å². The number of hydrogen-bond acceptors (Lipinski definition) is 2. The van der Waals surface area contributed by atoms with Gasteiger partial charge in [0, 0.05) is 5.02 Å². The molecule has 0 radical (unpaired) electrons. The molecule has 0 amide bonds. The molecule has 0 atom stereocenters. The monoisotopic (exact) mass is 237 g/mol. The van der Waals surface area contributed by atoms with E-state index in [1.165, 1.54) is 16.1 Å². The number of aryl methyl sites for hydroxylation is 2. The van der Waals surface area contributed by atoms with E-state index in [1.54, 1.807) is 11.3 Å². The Hall–Kier alpha value is -0.860. The predicted octanol–water partition coefficient (Wildman–Crippen LogP) is 4.33. The van der Waals surface area contributed by atoms with Crippen molar-refractivity contribution in [3.8, 4) is 10.4 Å². The van der Waals surface area contributed by atoms with Crippen LogP contribution in [0, 0.1) is 6.92 Å². The van der Waals surface area contributed by atoms with Crippen LogP contribution in [0.5, 0.6) is 0 Å². The molecule has 0 aliphatic heterocycles. The molecule has 15 heavy (non-hydrogen) atoms. The Balaban J connectivity index is 2.48. The van der Waals surface area contributed by atoms with Crippen molar-refractivity contribution in [2.24, 2.45) is 0 Å². The molecular formula is C12H12ClNS. The van der Waals surface area contributed by atoms with Gasteiger partial charge in [0.25, 0.3) is 0 Å². The number of nitrogens with zero attached hydrogens (tertiary/aromatic N) is 1. The SMILES string of the molecule is CCc1nc(C)sc1-c1ccc(Cl)cc1. The number of rotatable bonds is 2. The first kappa shape index (κ1) is 10.7. The van der Waals surface area contributed by atoms with Crippen LogP contribution in [0.15, 0.2) is 24.3 Å². The highest BCUT2D eigenvalue weighted by molar-refractivity contribution is 7.15. The second kappa shape index (κ2) is 4.33. The molecule has 78 valence electrons. The highest BCUT2D eigenvalue weighted by Gasteiger charge is 2.08. The third-order valence-corrected chi connectivity index (χ3v) is 3.56. The van der Waals surface area contributed by atoms with Crippen molar-refractivity contribution < 1.29 is 0 Å². The summed E-state index contributed by atoms with van der Waals surface area (Å²) in [5, 5.41) is 1.90. The van der Waals surface area contributed by atoms with Crippen LogP contribution in [0.3, 0.4) is 0 Å². The highest BCUT2D eigenvalue weighted by Crippen LogP contribution is 2.31. The van der Waals surface area contributed by atoms with Crippen LogP contribution < -0.4 is 0 Å². The average Bonchev–Trinajstić information content (AvgIpc) is 2.61. The van der Waals surface area contributed by atoms with Crippen molar-refractivity contribution in [1.82, 2.24) is 4.98 Å². The fourth-order valence-electron chi connectivity index (χ4n) is 1.54. The molecule has 2 aromatic rings. The number of thiazole rings is 1. The second-order valence-corrected chi connectivity index (χ2v) is 5.01. The van der Waals surface area contributed by atoms with Gasteiger partial charge in [-0.15, -0.1) is 11.3 Å². The summed E-state index contributed by atoms with van der Waals surface area (Å²) in [6.45, 7) is 4.18. The lowest BCUT2D eigenvalue weighted by molar-refractivity contribution is 1.05. The molecule has 0 fully saturated rings. The zero-order valence-corrected chi connectivity index (χ0v) is 10.3. The number of hydrogen-bond donors (Lipinski definition) is 0. The van der Waals surface area contributed by atoms with Gasteiger partial charge >= 0.3 is 0 Å². The Kier molecular flexibility index (Phi) is 3.08. The molecule has 1 aromatic carbocycles. The van der Waals surface area contributed by atoms with Crippen LogP contribution in [0.1, 0.15) is 17.6 Å². The molecule has 0 unspecified atom stereocenters. The van der Waals surface area contributed by atoms with E-state index in [-0.39, 0.29) is 0 Å². The number of benzene rings is 1. The Morgan fingerprint density at radius 2 is 1.93 bits per heavy atom. The molecule has 0 saturated carbocycles. The highest BCUT2D eigenvalue weighted by atomic mass is 35.5. The number of aromatic nitrogens is 1. The summed E-state index contributed by atoms with van der Waals surface area (Å²) in [5.41, 5.74) is 2.39. The molecule has 1 heterocycles. The lowest BCUT2D eigenvalue weighted by atomic mass is 10.1. The summed E-state index contributed by atoms with van der Waals surface area (Å²) in [7, 11) is 0. The van der Waals surface area contributed by atoms with E-state index in [1.807, 2.05) is 19.1 Å². The van der Waals surface area contributed by atoms with Gasteiger partial charge in [-0.2, -0.15) is 0 Å². The molecular weight excluding hydrogens is 226 g/mol. The molecule has 0 N–H and O–H groups in total. The molecule has 0 bridgehead atoms. The smallest absolute Gasteiger partial charge is 0.0903 e. The van der Waals surface area contributed by atoms with Gasteiger partial charge in [0.1, 0.15) is 0 Å². The first-order chi connectivity index (χ1) is 7.20. The summed E-state index contributed by atoms with van der Waals surface area (Å²) < 4.78 is 0. The predicted molar refractivity (Wildman–Crippen MR) is 66.7 cm³/mol. The lowest BCUT2D eigenvalue weighted by Gasteiger charge is -1.99. The minimum atomic E-state index is 0.776. The molecule has 0 aliphatic rings. The van der Waals surface area contributed by atoms with Gasteiger partial charge in [-0.25, -0.2) is 4.98 Å². The minimum Gasteiger partial charge on any atom is -0.246 e. The van der Waals surface area contributed by atoms with E-state index in [9.17, 15) is 0 Å². The molecule has 0 aliphatic carbocycles. The Morgan fingerprint density at radius 3 is 2.53 bits per heavy atom. The van der Waals surface area contributed by atoms with Gasteiger partial charge in [-0.1, -0.05) is 30.7 Å². The van der Waals surface area contributed by atoms with Crippen molar-refractivity contribution in [2.75, 3.05) is 0 Å². The standard InChI is InChI=1S/C12H12ClNS/c1-3-11-12(15-8(2)14-11)9-4-6-10(13)7-5-9/h4-7H,3H2,1-2H3. The van der Waals surface area contributed by atoms with Crippen molar-refractivity contribution >= 4 is 22.9 Å². The Labute approximate surface area is 98.7 Å². The fourth-order valence-corrected chi connectivity index (χ4v) is 2.68. The van der Waals surface area contributed by atoms with Gasteiger partial charge in [0.05, 0.1) is 15.6 Å². The first-order valence-electron chi connectivity index (χ1n) is 4.93. The zero-order valence-electron chi connectivity index (χ0n) is 8.75. The maximum Gasteiger partial charge on any atom is 0.0903 e. The van der Waals surface area contributed by atoms with Crippen LogP contribution >= 0.6 is 22.9 Å². The molecule has 0 spiro atoms. The van der Waals surface area contributed by atoms with E-state index < -0.39 is 0 Å². The molecule has 1 nitrogen and oxygen atoms in total. The summed E-state index contributed by atoms with van der Waals surface area (Å²) in [5.74, 6) is 0. The fraction of sp³-hybridized carbons (Fsp3) is 0.250. The van der Waals surface area contributed by atoms with Gasteiger partial charge in [0.2, 0.25) is 0 Å². The van der Waals surface area contributed by atoms with Gasteiger partial charge in [0.15, 0.2) is 0 Å². The van der Waals surface area contributed by atoms with E-state index in [0.29, 0.717) is 0 Å². The van der Waals surface area contributed by atoms with Crippen LogP contribution in [-0.2, 0) is 6.42 Å². The summed E-state index contributed by atoms with van der Waals surface area (Å²) in [6, 6.07) is 7.94. The van der Waals surface area contributed by atoms with Gasteiger partial charge < -0.3 is 0 Å². The van der Waals surface area contributed by atoms with Gasteiger partial charge in [-0.05, 0) is 31.0 Å². The van der Waals surface area contributed by atoms with Crippen LogP contribution in [-0.4, -0.2) is 4.98 Å². The van der Waals surface area contributed by atoms with Crippen molar-refractivity contribution in [1.29, 1.82) is 0 Å². The molecule has 2 rings (SSSR count). The number of halogens is 1. The maximum atomic E-state index is 5.87. The Bertz CT molecular complexity index is 459. The zero-order chi connectivity index (χ0) is 10.8. The van der Waals surface area contributed by atoms with Crippen molar-refractivity contribution in [3.63, 3.8) is 0 Å².